The molecule has 0 N–H and O–H groups in total. The van der Waals surface area contributed by atoms with Crippen molar-refractivity contribution < 1.29 is 9.13 Å². The Balaban J connectivity index is 1.57. The van der Waals surface area contributed by atoms with Crippen LogP contribution < -0.4 is 4.74 Å². The third kappa shape index (κ3) is 2.11. The summed E-state index contributed by atoms with van der Waals surface area (Å²) in [4.78, 5) is 4.18. The standard InChI is InChI=1S/C14H17BBrN2O/c15-18-6-9-1-10(7-18)14(11(2-9)8-18)19-13-3-12(16)4-17-5-13/h3-5,9-11,14H,1-2,6-8H2/q+1. The normalized spacial score (nSPS) is 43.4. The molecule has 1 aromatic rings. The molecule has 0 aromatic carbocycles. The van der Waals surface area contributed by atoms with Crippen LogP contribution in [0.5, 0.6) is 5.75 Å². The molecule has 2 unspecified atom stereocenters. The van der Waals surface area contributed by atoms with E-state index in [4.69, 9.17) is 12.7 Å². The Bertz CT molecular complexity index is 496. The SMILES string of the molecule is [B][N+]12CC3CC(C1)C(Oc1cncc(Br)c1)C(C3)C2. The predicted octanol–water partition coefficient (Wildman–Crippen LogP) is 2.16. The first-order valence-electron chi connectivity index (χ1n) is 7.03. The zero-order valence-electron chi connectivity index (χ0n) is 10.8. The van der Waals surface area contributed by atoms with Crippen LogP contribution in [0.25, 0.3) is 0 Å². The zero-order valence-corrected chi connectivity index (χ0v) is 12.4. The van der Waals surface area contributed by atoms with Gasteiger partial charge >= 0.3 is 7.98 Å². The molecule has 1 aromatic heterocycles. The van der Waals surface area contributed by atoms with E-state index in [9.17, 15) is 0 Å². The van der Waals surface area contributed by atoms with E-state index in [1.807, 2.05) is 12.3 Å². The van der Waals surface area contributed by atoms with Gasteiger partial charge in [0.05, 0.1) is 25.8 Å². The fourth-order valence-electron chi connectivity index (χ4n) is 4.59. The van der Waals surface area contributed by atoms with Crippen LogP contribution in [-0.2, 0) is 0 Å². The molecule has 4 heterocycles. The summed E-state index contributed by atoms with van der Waals surface area (Å²) >= 11 is 3.45. The lowest BCUT2D eigenvalue weighted by Crippen LogP contribution is -2.70. The summed E-state index contributed by atoms with van der Waals surface area (Å²) < 4.78 is 8.02. The Morgan fingerprint density at radius 1 is 1.21 bits per heavy atom. The number of aromatic nitrogens is 1. The zero-order chi connectivity index (χ0) is 13.0. The Labute approximate surface area is 123 Å². The van der Waals surface area contributed by atoms with Gasteiger partial charge in [-0.25, -0.2) is 0 Å². The van der Waals surface area contributed by atoms with Crippen LogP contribution in [0.4, 0.5) is 0 Å². The lowest BCUT2D eigenvalue weighted by molar-refractivity contribution is -0.852. The number of quaternary nitrogens is 1. The topological polar surface area (TPSA) is 22.1 Å². The first kappa shape index (κ1) is 12.2. The van der Waals surface area contributed by atoms with Crippen LogP contribution in [0.1, 0.15) is 12.8 Å². The van der Waals surface area contributed by atoms with Crippen LogP contribution in [-0.4, -0.2) is 43.1 Å². The molecular weight excluding hydrogens is 303 g/mol. The molecular formula is C14H17BBrN2O+. The highest BCUT2D eigenvalue weighted by molar-refractivity contribution is 9.10. The summed E-state index contributed by atoms with van der Waals surface area (Å²) in [6.07, 6.45) is 6.51. The Morgan fingerprint density at radius 3 is 2.58 bits per heavy atom. The first-order valence-corrected chi connectivity index (χ1v) is 7.82. The average molecular weight is 320 g/mol. The van der Waals surface area contributed by atoms with Crippen molar-refractivity contribution in [1.82, 2.24) is 4.98 Å². The summed E-state index contributed by atoms with van der Waals surface area (Å²) in [6.45, 7) is 3.34. The van der Waals surface area contributed by atoms with Gasteiger partial charge in [0, 0.05) is 28.4 Å². The molecule has 0 spiro atoms. The largest absolute Gasteiger partial charge is 0.488 e. The molecule has 0 amide bonds. The quantitative estimate of drug-likeness (QED) is 0.779. The number of pyridine rings is 1. The minimum atomic E-state index is 0.336. The Kier molecular flexibility index (Phi) is 2.71. The van der Waals surface area contributed by atoms with E-state index < -0.39 is 0 Å². The minimum absolute atomic E-state index is 0.336. The fraction of sp³-hybridized carbons (Fsp3) is 0.643. The molecule has 1 aliphatic carbocycles. The van der Waals surface area contributed by atoms with Crippen LogP contribution in [0.3, 0.4) is 0 Å². The van der Waals surface area contributed by atoms with Gasteiger partial charge in [-0.3, -0.25) is 4.98 Å². The van der Waals surface area contributed by atoms with Crippen LogP contribution in [0.15, 0.2) is 22.9 Å². The number of ether oxygens (including phenoxy) is 1. The van der Waals surface area contributed by atoms with E-state index in [1.54, 1.807) is 6.20 Å². The second kappa shape index (κ2) is 4.22. The maximum atomic E-state index is 6.46. The van der Waals surface area contributed by atoms with E-state index in [1.165, 1.54) is 19.4 Å². The highest BCUT2D eigenvalue weighted by atomic mass is 79.9. The van der Waals surface area contributed by atoms with Gasteiger partial charge < -0.3 is 9.13 Å². The minimum Gasteiger partial charge on any atom is -0.488 e. The van der Waals surface area contributed by atoms with Crippen molar-refractivity contribution in [2.45, 2.75) is 18.9 Å². The molecule has 5 heteroatoms. The highest BCUT2D eigenvalue weighted by Gasteiger charge is 2.55. The molecule has 3 saturated heterocycles. The summed E-state index contributed by atoms with van der Waals surface area (Å²) in [5.74, 6) is 2.94. The first-order chi connectivity index (χ1) is 9.11. The van der Waals surface area contributed by atoms with Crippen LogP contribution in [0, 0.1) is 17.8 Å². The molecule has 2 radical (unpaired) electrons. The number of nitrogens with zero attached hydrogens (tertiary/aromatic N) is 2. The van der Waals surface area contributed by atoms with E-state index in [2.05, 4.69) is 20.9 Å². The molecule has 3 nitrogen and oxygen atoms in total. The van der Waals surface area contributed by atoms with Crippen molar-refractivity contribution in [2.24, 2.45) is 17.8 Å². The molecule has 4 fully saturated rings. The van der Waals surface area contributed by atoms with Crippen molar-refractivity contribution in [3.8, 4) is 5.75 Å². The Morgan fingerprint density at radius 2 is 1.95 bits per heavy atom. The molecule has 4 aliphatic rings. The molecule has 4 bridgehead atoms. The van der Waals surface area contributed by atoms with E-state index in [-0.39, 0.29) is 0 Å². The van der Waals surface area contributed by atoms with Gasteiger partial charge in [0.15, 0.2) is 0 Å². The number of rotatable bonds is 2. The summed E-state index contributed by atoms with van der Waals surface area (Å²) in [5, 5.41) is 0. The van der Waals surface area contributed by atoms with Gasteiger partial charge in [-0.05, 0) is 34.8 Å². The van der Waals surface area contributed by atoms with Crippen molar-refractivity contribution in [3.63, 3.8) is 0 Å². The molecule has 1 saturated carbocycles. The summed E-state index contributed by atoms with van der Waals surface area (Å²) in [5.41, 5.74) is 0. The second-order valence-corrected chi connectivity index (χ2v) is 7.46. The average Bonchev–Trinajstić information content (AvgIpc) is 2.32. The lowest BCUT2D eigenvalue weighted by atomic mass is 9.63. The second-order valence-electron chi connectivity index (χ2n) is 6.55. The molecule has 3 aliphatic heterocycles. The maximum Gasteiger partial charge on any atom is 0.481 e. The molecule has 2 atom stereocenters. The van der Waals surface area contributed by atoms with Crippen molar-refractivity contribution in [3.05, 3.63) is 22.9 Å². The number of halogens is 1. The summed E-state index contributed by atoms with van der Waals surface area (Å²) in [6, 6.07) is 2.01. The number of piperidine rings is 3. The van der Waals surface area contributed by atoms with Crippen LogP contribution >= 0.6 is 15.9 Å². The molecule has 19 heavy (non-hydrogen) atoms. The number of hydrogen-bond donors (Lipinski definition) is 0. The molecule has 5 rings (SSSR count). The fourth-order valence-corrected chi connectivity index (χ4v) is 4.93. The van der Waals surface area contributed by atoms with Crippen molar-refractivity contribution in [1.29, 1.82) is 0 Å². The van der Waals surface area contributed by atoms with E-state index in [0.29, 0.717) is 17.9 Å². The molecule has 98 valence electrons. The highest BCUT2D eigenvalue weighted by Crippen LogP contribution is 2.47. The van der Waals surface area contributed by atoms with Gasteiger partial charge in [-0.15, -0.1) is 0 Å². The van der Waals surface area contributed by atoms with Gasteiger partial charge in [0.2, 0.25) is 0 Å². The van der Waals surface area contributed by atoms with Gasteiger partial charge in [-0.2, -0.15) is 0 Å². The third-order valence-electron chi connectivity index (χ3n) is 4.97. The van der Waals surface area contributed by atoms with E-state index in [0.717, 1.165) is 33.6 Å². The lowest BCUT2D eigenvalue weighted by Gasteiger charge is -2.59. The monoisotopic (exact) mass is 319 g/mol. The predicted molar refractivity (Wildman–Crippen MR) is 76.7 cm³/mol. The van der Waals surface area contributed by atoms with Gasteiger partial charge in [0.1, 0.15) is 11.9 Å². The Hall–Kier alpha value is -0.545. The van der Waals surface area contributed by atoms with Gasteiger partial charge in [-0.1, -0.05) is 0 Å². The van der Waals surface area contributed by atoms with Crippen molar-refractivity contribution >= 4 is 23.9 Å². The van der Waals surface area contributed by atoms with E-state index >= 15 is 0 Å². The smallest absolute Gasteiger partial charge is 0.481 e. The number of hydrogen-bond acceptors (Lipinski definition) is 2. The summed E-state index contributed by atoms with van der Waals surface area (Å²) in [7, 11) is 6.46. The third-order valence-corrected chi connectivity index (χ3v) is 5.41. The maximum absolute atomic E-state index is 6.46. The van der Waals surface area contributed by atoms with Crippen LogP contribution in [0.2, 0.25) is 0 Å². The van der Waals surface area contributed by atoms with Gasteiger partial charge in [0.25, 0.3) is 0 Å². The van der Waals surface area contributed by atoms with Crippen molar-refractivity contribution in [2.75, 3.05) is 19.6 Å².